The van der Waals surface area contributed by atoms with Crippen LogP contribution in [-0.4, -0.2) is 29.1 Å². The maximum Gasteiger partial charge on any atom is 0.136 e. The molecule has 0 spiro atoms. The molecule has 0 amide bonds. The Kier molecular flexibility index (Phi) is 4.78. The Balaban J connectivity index is 2.29. The summed E-state index contributed by atoms with van der Waals surface area (Å²) in [6.07, 6.45) is 2.89. The fourth-order valence-corrected chi connectivity index (χ4v) is 2.20. The molecule has 1 saturated carbocycles. The Bertz CT molecular complexity index is 488. The smallest absolute Gasteiger partial charge is 0.136 e. The fraction of sp³-hybridized carbons (Fsp3) is 0.667. The van der Waals surface area contributed by atoms with E-state index in [1.165, 1.54) is 12.8 Å². The lowest BCUT2D eigenvalue weighted by atomic mass is 10.2. The van der Waals surface area contributed by atoms with Gasteiger partial charge in [-0.2, -0.15) is 5.26 Å². The summed E-state index contributed by atoms with van der Waals surface area (Å²) in [5.74, 6) is 3.29. The molecule has 1 aliphatic rings. The molecular weight excluding hydrogens is 250 g/mol. The van der Waals surface area contributed by atoms with E-state index in [1.807, 2.05) is 6.07 Å². The summed E-state index contributed by atoms with van der Waals surface area (Å²) in [6.45, 7) is 7.88. The Morgan fingerprint density at radius 2 is 2.20 bits per heavy atom. The first-order valence-corrected chi connectivity index (χ1v) is 7.42. The molecular formula is C15H23N5. The van der Waals surface area contributed by atoms with Crippen LogP contribution in [0.25, 0.3) is 0 Å². The van der Waals surface area contributed by atoms with Gasteiger partial charge in [0, 0.05) is 31.1 Å². The third-order valence-electron chi connectivity index (χ3n) is 3.41. The van der Waals surface area contributed by atoms with Gasteiger partial charge in [-0.25, -0.2) is 9.97 Å². The van der Waals surface area contributed by atoms with E-state index < -0.39 is 0 Å². The summed E-state index contributed by atoms with van der Waals surface area (Å²) >= 11 is 0. The maximum absolute atomic E-state index is 8.81. The van der Waals surface area contributed by atoms with Crippen molar-refractivity contribution in [3.8, 4) is 6.07 Å². The summed E-state index contributed by atoms with van der Waals surface area (Å²) in [4.78, 5) is 11.5. The lowest BCUT2D eigenvalue weighted by molar-refractivity contribution is 0.672. The molecule has 0 radical (unpaired) electrons. The molecule has 0 aliphatic heterocycles. The normalized spacial score (nSPS) is 14.2. The van der Waals surface area contributed by atoms with Gasteiger partial charge in [-0.1, -0.05) is 0 Å². The molecule has 0 aromatic carbocycles. The molecule has 5 heteroatoms. The highest BCUT2D eigenvalue weighted by molar-refractivity contribution is 5.50. The summed E-state index contributed by atoms with van der Waals surface area (Å²) < 4.78 is 0. The molecule has 1 fully saturated rings. The molecule has 0 unspecified atom stereocenters. The topological polar surface area (TPSA) is 64.8 Å². The Morgan fingerprint density at radius 1 is 1.45 bits per heavy atom. The molecule has 0 atom stereocenters. The number of nitrogens with zero attached hydrogens (tertiary/aromatic N) is 4. The summed E-state index contributed by atoms with van der Waals surface area (Å²) in [6, 6.07) is 4.52. The van der Waals surface area contributed by atoms with Gasteiger partial charge in [0.05, 0.1) is 12.5 Å². The second kappa shape index (κ2) is 6.56. The molecule has 1 heterocycles. The second-order valence-electron chi connectivity index (χ2n) is 5.47. The van der Waals surface area contributed by atoms with Crippen LogP contribution < -0.4 is 10.2 Å². The van der Waals surface area contributed by atoms with E-state index in [0.717, 1.165) is 24.0 Å². The van der Waals surface area contributed by atoms with Crippen LogP contribution in [0.1, 0.15) is 51.8 Å². The van der Waals surface area contributed by atoms with E-state index in [-0.39, 0.29) is 0 Å². The van der Waals surface area contributed by atoms with Crippen molar-refractivity contribution in [3.05, 3.63) is 11.9 Å². The zero-order valence-electron chi connectivity index (χ0n) is 12.6. The minimum Gasteiger partial charge on any atom is -0.370 e. The number of nitrogens with one attached hydrogen (secondary N) is 1. The minimum absolute atomic E-state index is 0.319. The van der Waals surface area contributed by atoms with Crippen LogP contribution in [0.3, 0.4) is 0 Å². The lowest BCUT2D eigenvalue weighted by Crippen LogP contribution is -2.32. The first-order valence-electron chi connectivity index (χ1n) is 7.42. The van der Waals surface area contributed by atoms with Crippen molar-refractivity contribution in [2.24, 2.45) is 0 Å². The fourth-order valence-electron chi connectivity index (χ4n) is 2.20. The van der Waals surface area contributed by atoms with E-state index in [4.69, 9.17) is 10.2 Å². The molecule has 1 aromatic rings. The predicted octanol–water partition coefficient (Wildman–Crippen LogP) is 2.91. The van der Waals surface area contributed by atoms with Gasteiger partial charge in [0.25, 0.3) is 0 Å². The van der Waals surface area contributed by atoms with Crippen LogP contribution in [0.2, 0.25) is 0 Å². The van der Waals surface area contributed by atoms with Crippen molar-refractivity contribution < 1.29 is 0 Å². The molecule has 2 rings (SSSR count). The average Bonchev–Trinajstić information content (AvgIpc) is 3.23. The van der Waals surface area contributed by atoms with Crippen LogP contribution in [0.15, 0.2) is 6.07 Å². The zero-order chi connectivity index (χ0) is 14.5. The third kappa shape index (κ3) is 3.60. The largest absolute Gasteiger partial charge is 0.370 e. The molecule has 1 aromatic heterocycles. The highest BCUT2D eigenvalue weighted by Crippen LogP contribution is 2.39. The lowest BCUT2D eigenvalue weighted by Gasteiger charge is -2.27. The molecule has 1 N–H and O–H groups in total. The van der Waals surface area contributed by atoms with Crippen molar-refractivity contribution in [1.29, 1.82) is 5.26 Å². The van der Waals surface area contributed by atoms with Crippen molar-refractivity contribution >= 4 is 11.6 Å². The van der Waals surface area contributed by atoms with Crippen molar-refractivity contribution in [2.75, 3.05) is 23.3 Å². The molecule has 0 saturated heterocycles. The molecule has 0 bridgehead atoms. The van der Waals surface area contributed by atoms with Crippen molar-refractivity contribution in [3.63, 3.8) is 0 Å². The zero-order valence-corrected chi connectivity index (χ0v) is 12.6. The van der Waals surface area contributed by atoms with Crippen LogP contribution in [0, 0.1) is 11.3 Å². The number of hydrogen-bond acceptors (Lipinski definition) is 5. The highest BCUT2D eigenvalue weighted by atomic mass is 15.2. The average molecular weight is 273 g/mol. The van der Waals surface area contributed by atoms with Gasteiger partial charge < -0.3 is 10.2 Å². The molecule has 20 heavy (non-hydrogen) atoms. The predicted molar refractivity (Wildman–Crippen MR) is 80.9 cm³/mol. The maximum atomic E-state index is 8.81. The van der Waals surface area contributed by atoms with Crippen molar-refractivity contribution in [1.82, 2.24) is 9.97 Å². The summed E-state index contributed by atoms with van der Waals surface area (Å²) in [5, 5.41) is 12.1. The van der Waals surface area contributed by atoms with Crippen molar-refractivity contribution in [2.45, 2.75) is 52.0 Å². The Labute approximate surface area is 121 Å². The monoisotopic (exact) mass is 273 g/mol. The first-order chi connectivity index (χ1) is 9.65. The Morgan fingerprint density at radius 3 is 2.75 bits per heavy atom. The van der Waals surface area contributed by atoms with Gasteiger partial charge in [-0.3, -0.25) is 0 Å². The van der Waals surface area contributed by atoms with Gasteiger partial charge in [-0.05, 0) is 33.6 Å². The molecule has 5 nitrogen and oxygen atoms in total. The van der Waals surface area contributed by atoms with Gasteiger partial charge in [0.1, 0.15) is 17.5 Å². The summed E-state index contributed by atoms with van der Waals surface area (Å²) in [5.41, 5.74) is 0. The van der Waals surface area contributed by atoms with Crippen LogP contribution in [-0.2, 0) is 0 Å². The van der Waals surface area contributed by atoms with Crippen LogP contribution in [0.4, 0.5) is 11.6 Å². The van der Waals surface area contributed by atoms with E-state index in [1.54, 1.807) is 0 Å². The van der Waals surface area contributed by atoms with Gasteiger partial charge in [0.2, 0.25) is 0 Å². The first kappa shape index (κ1) is 14.6. The third-order valence-corrected chi connectivity index (χ3v) is 3.41. The highest BCUT2D eigenvalue weighted by Gasteiger charge is 2.28. The SMILES string of the molecule is CCNc1cc(N(CCC#N)C(C)C)nc(C2CC2)n1. The minimum atomic E-state index is 0.319. The van der Waals surface area contributed by atoms with Crippen LogP contribution in [0.5, 0.6) is 0 Å². The number of aromatic nitrogens is 2. The Hall–Kier alpha value is -1.83. The number of rotatable bonds is 7. The summed E-state index contributed by atoms with van der Waals surface area (Å²) in [7, 11) is 0. The number of hydrogen-bond donors (Lipinski definition) is 1. The molecule has 1 aliphatic carbocycles. The van der Waals surface area contributed by atoms with Gasteiger partial charge in [-0.15, -0.1) is 0 Å². The van der Waals surface area contributed by atoms with Gasteiger partial charge >= 0.3 is 0 Å². The quantitative estimate of drug-likeness (QED) is 0.827. The second-order valence-corrected chi connectivity index (χ2v) is 5.47. The standard InChI is InChI=1S/C15H23N5/c1-4-17-13-10-14(19-15(18-13)12-6-7-12)20(11(2)3)9-5-8-16/h10-12H,4-7,9H2,1-3H3,(H,17,18,19). The van der Waals surface area contributed by atoms with E-state index in [9.17, 15) is 0 Å². The van der Waals surface area contributed by atoms with E-state index in [0.29, 0.717) is 24.9 Å². The van der Waals surface area contributed by atoms with E-state index >= 15 is 0 Å². The van der Waals surface area contributed by atoms with E-state index in [2.05, 4.69) is 42.0 Å². The van der Waals surface area contributed by atoms with Gasteiger partial charge in [0.15, 0.2) is 0 Å². The van der Waals surface area contributed by atoms with Crippen LogP contribution >= 0.6 is 0 Å². The molecule has 108 valence electrons. The number of anilines is 2. The number of nitriles is 1.